The summed E-state index contributed by atoms with van der Waals surface area (Å²) >= 11 is 0. The Hall–Kier alpha value is -1.72. The van der Waals surface area contributed by atoms with Crippen molar-refractivity contribution in [2.45, 2.75) is 45.3 Å². The molecule has 0 fully saturated rings. The third-order valence-corrected chi connectivity index (χ3v) is 3.66. The highest BCUT2D eigenvalue weighted by Crippen LogP contribution is 2.17. The molecule has 0 unspecified atom stereocenters. The van der Waals surface area contributed by atoms with E-state index in [0.717, 1.165) is 5.56 Å². The van der Waals surface area contributed by atoms with Crippen molar-refractivity contribution in [2.75, 3.05) is 0 Å². The van der Waals surface area contributed by atoms with Gasteiger partial charge in [0.1, 0.15) is 6.10 Å². The highest BCUT2D eigenvalue weighted by molar-refractivity contribution is 5.89. The maximum Gasteiger partial charge on any atom is 0.220 e. The lowest BCUT2D eigenvalue weighted by Crippen LogP contribution is -2.43. The zero-order valence-electron chi connectivity index (χ0n) is 13.2. The predicted molar refractivity (Wildman–Crippen MR) is 85.9 cm³/mol. The highest BCUT2D eigenvalue weighted by Gasteiger charge is 2.28. The molecule has 0 aliphatic carbocycles. The van der Waals surface area contributed by atoms with Crippen molar-refractivity contribution in [1.82, 2.24) is 0 Å². The van der Waals surface area contributed by atoms with Crippen LogP contribution in [0.5, 0.6) is 0 Å². The first-order valence-corrected chi connectivity index (χ1v) is 7.60. The van der Waals surface area contributed by atoms with Gasteiger partial charge >= 0.3 is 0 Å². The van der Waals surface area contributed by atoms with Crippen LogP contribution >= 0.6 is 0 Å². The van der Waals surface area contributed by atoms with E-state index < -0.39 is 29.8 Å². The molecule has 0 radical (unpaired) electrons. The molecular formula is C17H26N2O3. The van der Waals surface area contributed by atoms with Crippen LogP contribution in [0.2, 0.25) is 0 Å². The Morgan fingerprint density at radius 3 is 2.27 bits per heavy atom. The largest absolute Gasteiger partial charge is 0.384 e. The van der Waals surface area contributed by atoms with E-state index >= 15 is 0 Å². The molecule has 0 heterocycles. The summed E-state index contributed by atoms with van der Waals surface area (Å²) in [5, 5.41) is 10.1. The van der Waals surface area contributed by atoms with Crippen LogP contribution in [0.25, 0.3) is 0 Å². The van der Waals surface area contributed by atoms with Crippen molar-refractivity contribution >= 4 is 11.7 Å². The number of aliphatic hydroxyl groups is 1. The maximum absolute atomic E-state index is 12.1. The first-order valence-electron chi connectivity index (χ1n) is 7.60. The first-order chi connectivity index (χ1) is 10.3. The van der Waals surface area contributed by atoms with Crippen molar-refractivity contribution in [2.24, 2.45) is 23.3 Å². The summed E-state index contributed by atoms with van der Waals surface area (Å²) in [4.78, 5) is 23.5. The highest BCUT2D eigenvalue weighted by atomic mass is 16.3. The van der Waals surface area contributed by atoms with Crippen LogP contribution in [0.4, 0.5) is 0 Å². The zero-order valence-corrected chi connectivity index (χ0v) is 13.2. The summed E-state index contributed by atoms with van der Waals surface area (Å²) < 4.78 is 0. The lowest BCUT2D eigenvalue weighted by Gasteiger charge is -2.21. The van der Waals surface area contributed by atoms with Gasteiger partial charge in [0.15, 0.2) is 5.78 Å². The van der Waals surface area contributed by atoms with Gasteiger partial charge in [-0.15, -0.1) is 0 Å². The van der Waals surface area contributed by atoms with E-state index in [-0.39, 0.29) is 12.3 Å². The van der Waals surface area contributed by atoms with Gasteiger partial charge in [-0.05, 0) is 24.3 Å². The molecule has 5 nitrogen and oxygen atoms in total. The van der Waals surface area contributed by atoms with Crippen molar-refractivity contribution in [3.8, 4) is 0 Å². The van der Waals surface area contributed by atoms with E-state index in [0.29, 0.717) is 12.8 Å². The smallest absolute Gasteiger partial charge is 0.220 e. The standard InChI is InChI=1S/C17H26N2O3/c1-11(2)8-13(17(19)22)10-15(20)16(21)14(18)9-12-6-4-3-5-7-12/h3-7,11,13-14,16,21H,8-10,18H2,1-2H3,(H2,19,22)/t13-,14-,16+/m1/s1. The van der Waals surface area contributed by atoms with Crippen molar-refractivity contribution in [3.05, 3.63) is 35.9 Å². The minimum atomic E-state index is -1.28. The second kappa shape index (κ2) is 8.66. The van der Waals surface area contributed by atoms with E-state index in [1.165, 1.54) is 0 Å². The predicted octanol–water partition coefficient (Wildman–Crippen LogP) is 1.02. The number of hydrogen-bond donors (Lipinski definition) is 3. The summed E-state index contributed by atoms with van der Waals surface area (Å²) in [5.74, 6) is -1.23. The molecule has 0 aromatic heterocycles. The van der Waals surface area contributed by atoms with E-state index in [4.69, 9.17) is 11.5 Å². The van der Waals surface area contributed by atoms with Gasteiger partial charge in [-0.1, -0.05) is 44.2 Å². The average molecular weight is 306 g/mol. The molecule has 0 spiro atoms. The van der Waals surface area contributed by atoms with E-state index in [1.54, 1.807) is 0 Å². The van der Waals surface area contributed by atoms with Gasteiger partial charge in [0, 0.05) is 18.4 Å². The topological polar surface area (TPSA) is 106 Å². The van der Waals surface area contributed by atoms with Crippen LogP contribution in [-0.4, -0.2) is 28.9 Å². The normalized spacial score (nSPS) is 15.3. The number of Topliss-reactive ketones (excluding diaryl/α,β-unsaturated/α-hetero) is 1. The third kappa shape index (κ3) is 5.95. The fraction of sp³-hybridized carbons (Fsp3) is 0.529. The lowest BCUT2D eigenvalue weighted by atomic mass is 9.88. The van der Waals surface area contributed by atoms with E-state index in [9.17, 15) is 14.7 Å². The van der Waals surface area contributed by atoms with Gasteiger partial charge in [0.2, 0.25) is 5.91 Å². The van der Waals surface area contributed by atoms with Crippen molar-refractivity contribution in [3.63, 3.8) is 0 Å². The minimum absolute atomic E-state index is 0.0584. The fourth-order valence-corrected chi connectivity index (χ4v) is 2.47. The van der Waals surface area contributed by atoms with Gasteiger partial charge in [-0.25, -0.2) is 0 Å². The Morgan fingerprint density at radius 1 is 1.18 bits per heavy atom. The number of carbonyl (C=O) groups is 2. The molecule has 0 bridgehead atoms. The summed E-state index contributed by atoms with van der Waals surface area (Å²) in [6.45, 7) is 3.91. The molecule has 0 saturated heterocycles. The molecule has 3 atom stereocenters. The molecule has 1 aromatic rings. The van der Waals surface area contributed by atoms with Crippen LogP contribution in [0.15, 0.2) is 30.3 Å². The van der Waals surface area contributed by atoms with Gasteiger partial charge in [0.05, 0.1) is 0 Å². The molecule has 0 aliphatic rings. The van der Waals surface area contributed by atoms with E-state index in [1.807, 2.05) is 44.2 Å². The molecule has 1 rings (SSSR count). The van der Waals surface area contributed by atoms with Crippen LogP contribution in [-0.2, 0) is 16.0 Å². The fourth-order valence-electron chi connectivity index (χ4n) is 2.47. The monoisotopic (exact) mass is 306 g/mol. The van der Waals surface area contributed by atoms with Crippen LogP contribution in [0.3, 0.4) is 0 Å². The number of aliphatic hydroxyl groups excluding tert-OH is 1. The summed E-state index contributed by atoms with van der Waals surface area (Å²) in [7, 11) is 0. The minimum Gasteiger partial charge on any atom is -0.384 e. The number of hydrogen-bond acceptors (Lipinski definition) is 4. The van der Waals surface area contributed by atoms with Gasteiger partial charge in [-0.2, -0.15) is 0 Å². The Kier molecular flexibility index (Phi) is 7.21. The van der Waals surface area contributed by atoms with E-state index in [2.05, 4.69) is 0 Å². The third-order valence-electron chi connectivity index (χ3n) is 3.66. The van der Waals surface area contributed by atoms with Crippen molar-refractivity contribution < 1.29 is 14.7 Å². The van der Waals surface area contributed by atoms with Crippen LogP contribution in [0, 0.1) is 11.8 Å². The second-order valence-electron chi connectivity index (χ2n) is 6.20. The maximum atomic E-state index is 12.1. The molecule has 0 aliphatic heterocycles. The number of ketones is 1. The van der Waals surface area contributed by atoms with Gasteiger partial charge in [0.25, 0.3) is 0 Å². The quantitative estimate of drug-likeness (QED) is 0.633. The number of nitrogens with two attached hydrogens (primary N) is 2. The Morgan fingerprint density at radius 2 is 1.77 bits per heavy atom. The Bertz CT molecular complexity index is 488. The van der Waals surface area contributed by atoms with Crippen LogP contribution in [0.1, 0.15) is 32.3 Å². The molecular weight excluding hydrogens is 280 g/mol. The van der Waals surface area contributed by atoms with Gasteiger partial charge in [-0.3, -0.25) is 9.59 Å². The van der Waals surface area contributed by atoms with Crippen molar-refractivity contribution in [1.29, 1.82) is 0 Å². The Labute approximate surface area is 131 Å². The molecule has 22 heavy (non-hydrogen) atoms. The number of carbonyl (C=O) groups excluding carboxylic acids is 2. The molecule has 122 valence electrons. The second-order valence-corrected chi connectivity index (χ2v) is 6.20. The van der Waals surface area contributed by atoms with Crippen LogP contribution < -0.4 is 11.5 Å². The molecule has 5 N–H and O–H groups in total. The number of amides is 1. The summed E-state index contributed by atoms with van der Waals surface area (Å²) in [5.41, 5.74) is 12.2. The first kappa shape index (κ1) is 18.3. The molecule has 1 aromatic carbocycles. The number of rotatable bonds is 9. The number of primary amides is 1. The zero-order chi connectivity index (χ0) is 16.7. The summed E-state index contributed by atoms with van der Waals surface area (Å²) in [6, 6.07) is 8.73. The molecule has 0 saturated carbocycles. The number of benzene rings is 1. The molecule has 5 heteroatoms. The SMILES string of the molecule is CC(C)C[C@H](CC(=O)[C@@H](O)[C@H](N)Cc1ccccc1)C(N)=O. The average Bonchev–Trinajstić information content (AvgIpc) is 2.46. The lowest BCUT2D eigenvalue weighted by molar-refractivity contribution is -0.133. The molecule has 1 amide bonds. The van der Waals surface area contributed by atoms with Gasteiger partial charge < -0.3 is 16.6 Å². The Balaban J connectivity index is 2.61. The summed E-state index contributed by atoms with van der Waals surface area (Å²) in [6.07, 6.45) is -0.410.